The number of unbranched alkanes of at least 4 members (excludes halogenated alkanes) is 5. The summed E-state index contributed by atoms with van der Waals surface area (Å²) < 4.78 is 0. The third-order valence-corrected chi connectivity index (χ3v) is 4.76. The summed E-state index contributed by atoms with van der Waals surface area (Å²) in [6.07, 6.45) is 11.7. The third-order valence-electron chi connectivity index (χ3n) is 4.76. The average molecular weight is 241 g/mol. The first-order chi connectivity index (χ1) is 7.93. The second-order valence-electron chi connectivity index (χ2n) is 6.26. The van der Waals surface area contributed by atoms with Gasteiger partial charge in [-0.1, -0.05) is 73.1 Å². The van der Waals surface area contributed by atoms with Crippen molar-refractivity contribution in [1.29, 1.82) is 0 Å². The summed E-state index contributed by atoms with van der Waals surface area (Å²) in [5.41, 5.74) is 6.84. The van der Waals surface area contributed by atoms with Crippen molar-refractivity contribution in [2.75, 3.05) is 0 Å². The number of hydrogen-bond donors (Lipinski definition) is 1. The fourth-order valence-corrected chi connectivity index (χ4v) is 2.80. The van der Waals surface area contributed by atoms with E-state index in [1.165, 1.54) is 44.9 Å². The summed E-state index contributed by atoms with van der Waals surface area (Å²) in [4.78, 5) is 0. The molecule has 0 bridgehead atoms. The lowest BCUT2D eigenvalue weighted by atomic mass is 9.67. The standard InChI is InChI=1S/C16H35N/c1-6-9-10-11-12-13-14-15(4,5)16(17,7-2)8-3/h6-14,17H2,1-5H3. The van der Waals surface area contributed by atoms with Crippen molar-refractivity contribution >= 4 is 0 Å². The van der Waals surface area contributed by atoms with Crippen molar-refractivity contribution in [3.63, 3.8) is 0 Å². The van der Waals surface area contributed by atoms with E-state index in [1.807, 2.05) is 0 Å². The van der Waals surface area contributed by atoms with Crippen LogP contribution in [0.2, 0.25) is 0 Å². The molecule has 0 atom stereocenters. The van der Waals surface area contributed by atoms with Crippen LogP contribution in [0.3, 0.4) is 0 Å². The molecule has 0 spiro atoms. The van der Waals surface area contributed by atoms with Crippen molar-refractivity contribution in [1.82, 2.24) is 0 Å². The first kappa shape index (κ1) is 17.0. The average Bonchev–Trinajstić information content (AvgIpc) is 2.32. The summed E-state index contributed by atoms with van der Waals surface area (Å²) in [5, 5.41) is 0. The van der Waals surface area contributed by atoms with Crippen LogP contribution in [0.25, 0.3) is 0 Å². The highest BCUT2D eigenvalue weighted by molar-refractivity contribution is 4.95. The molecule has 0 saturated heterocycles. The van der Waals surface area contributed by atoms with Gasteiger partial charge in [-0.25, -0.2) is 0 Å². The lowest BCUT2D eigenvalue weighted by Crippen LogP contribution is -2.51. The van der Waals surface area contributed by atoms with Gasteiger partial charge in [0.1, 0.15) is 0 Å². The Morgan fingerprint density at radius 3 is 1.71 bits per heavy atom. The molecule has 0 saturated carbocycles. The van der Waals surface area contributed by atoms with Crippen LogP contribution in [0.4, 0.5) is 0 Å². The molecule has 0 radical (unpaired) electrons. The molecule has 0 aliphatic heterocycles. The van der Waals surface area contributed by atoms with E-state index in [0.717, 1.165) is 12.8 Å². The molecule has 2 N–H and O–H groups in total. The number of nitrogens with two attached hydrogens (primary N) is 1. The molecule has 0 fully saturated rings. The van der Waals surface area contributed by atoms with E-state index in [4.69, 9.17) is 5.73 Å². The van der Waals surface area contributed by atoms with Crippen molar-refractivity contribution < 1.29 is 0 Å². The molecule has 1 heteroatoms. The topological polar surface area (TPSA) is 26.0 Å². The fourth-order valence-electron chi connectivity index (χ4n) is 2.80. The first-order valence-electron chi connectivity index (χ1n) is 7.72. The normalized spacial score (nSPS) is 13.1. The van der Waals surface area contributed by atoms with E-state index in [2.05, 4.69) is 34.6 Å². The lowest BCUT2D eigenvalue weighted by Gasteiger charge is -2.43. The molecule has 1 nitrogen and oxygen atoms in total. The van der Waals surface area contributed by atoms with Gasteiger partial charge >= 0.3 is 0 Å². The van der Waals surface area contributed by atoms with E-state index >= 15 is 0 Å². The maximum Gasteiger partial charge on any atom is 0.0200 e. The molecule has 0 aromatic rings. The third kappa shape index (κ3) is 5.42. The largest absolute Gasteiger partial charge is 0.325 e. The minimum atomic E-state index is 0.0242. The maximum atomic E-state index is 6.54. The Labute approximate surface area is 110 Å². The minimum Gasteiger partial charge on any atom is -0.325 e. The van der Waals surface area contributed by atoms with Gasteiger partial charge in [0, 0.05) is 5.54 Å². The highest BCUT2D eigenvalue weighted by Gasteiger charge is 2.37. The zero-order valence-electron chi connectivity index (χ0n) is 12.9. The molecular formula is C16H35N. The molecular weight excluding hydrogens is 206 g/mol. The number of rotatable bonds is 10. The SMILES string of the molecule is CCCCCCCCC(C)(C)C(N)(CC)CC. The minimum absolute atomic E-state index is 0.0242. The Morgan fingerprint density at radius 1 is 0.765 bits per heavy atom. The summed E-state index contributed by atoms with van der Waals surface area (Å²) in [5.74, 6) is 0. The monoisotopic (exact) mass is 241 g/mol. The van der Waals surface area contributed by atoms with E-state index in [0.29, 0.717) is 0 Å². The Morgan fingerprint density at radius 2 is 1.24 bits per heavy atom. The molecule has 0 heterocycles. The second kappa shape index (κ2) is 8.13. The van der Waals surface area contributed by atoms with Crippen LogP contribution in [0, 0.1) is 5.41 Å². The van der Waals surface area contributed by atoms with Gasteiger partial charge in [0.25, 0.3) is 0 Å². The Kier molecular flexibility index (Phi) is 8.11. The van der Waals surface area contributed by atoms with Gasteiger partial charge in [0.05, 0.1) is 0 Å². The highest BCUT2D eigenvalue weighted by atomic mass is 14.8. The van der Waals surface area contributed by atoms with Crippen molar-refractivity contribution in [2.24, 2.45) is 11.1 Å². The predicted octanol–water partition coefficient (Wildman–Crippen LogP) is 5.28. The predicted molar refractivity (Wildman–Crippen MR) is 79.3 cm³/mol. The summed E-state index contributed by atoms with van der Waals surface area (Å²) in [7, 11) is 0. The maximum absolute atomic E-state index is 6.54. The molecule has 0 amide bonds. The summed E-state index contributed by atoms with van der Waals surface area (Å²) in [6.45, 7) is 11.4. The van der Waals surface area contributed by atoms with Gasteiger partial charge in [0.2, 0.25) is 0 Å². The summed E-state index contributed by atoms with van der Waals surface area (Å²) >= 11 is 0. The Bertz CT molecular complexity index is 180. The van der Waals surface area contributed by atoms with Crippen molar-refractivity contribution in [3.05, 3.63) is 0 Å². The molecule has 0 aliphatic carbocycles. The van der Waals surface area contributed by atoms with Gasteiger partial charge in [0.15, 0.2) is 0 Å². The Hall–Kier alpha value is -0.0400. The van der Waals surface area contributed by atoms with Crippen molar-refractivity contribution in [3.8, 4) is 0 Å². The van der Waals surface area contributed by atoms with Gasteiger partial charge in [-0.2, -0.15) is 0 Å². The molecule has 0 rings (SSSR count). The van der Waals surface area contributed by atoms with Gasteiger partial charge < -0.3 is 5.73 Å². The molecule has 0 aromatic carbocycles. The highest BCUT2D eigenvalue weighted by Crippen LogP contribution is 2.38. The van der Waals surface area contributed by atoms with E-state index in [9.17, 15) is 0 Å². The van der Waals surface area contributed by atoms with Crippen LogP contribution in [-0.4, -0.2) is 5.54 Å². The van der Waals surface area contributed by atoms with E-state index in [-0.39, 0.29) is 11.0 Å². The fraction of sp³-hybridized carbons (Fsp3) is 1.00. The van der Waals surface area contributed by atoms with Crippen LogP contribution >= 0.6 is 0 Å². The smallest absolute Gasteiger partial charge is 0.0200 e. The van der Waals surface area contributed by atoms with E-state index in [1.54, 1.807) is 0 Å². The van der Waals surface area contributed by atoms with Gasteiger partial charge in [-0.3, -0.25) is 0 Å². The van der Waals surface area contributed by atoms with Crippen LogP contribution < -0.4 is 5.73 Å². The second-order valence-corrected chi connectivity index (χ2v) is 6.26. The Balaban J connectivity index is 3.92. The molecule has 17 heavy (non-hydrogen) atoms. The zero-order chi connectivity index (χ0) is 13.4. The summed E-state index contributed by atoms with van der Waals surface area (Å²) in [6, 6.07) is 0. The van der Waals surface area contributed by atoms with E-state index < -0.39 is 0 Å². The molecule has 104 valence electrons. The van der Waals surface area contributed by atoms with Crippen molar-refractivity contribution in [2.45, 2.75) is 97.9 Å². The quantitative estimate of drug-likeness (QED) is 0.517. The van der Waals surface area contributed by atoms with Crippen LogP contribution in [0.15, 0.2) is 0 Å². The van der Waals surface area contributed by atoms with Crippen LogP contribution in [0.5, 0.6) is 0 Å². The lowest BCUT2D eigenvalue weighted by molar-refractivity contribution is 0.134. The van der Waals surface area contributed by atoms with Gasteiger partial charge in [-0.15, -0.1) is 0 Å². The molecule has 0 aromatic heterocycles. The van der Waals surface area contributed by atoms with Crippen LogP contribution in [0.1, 0.15) is 92.4 Å². The number of hydrogen-bond acceptors (Lipinski definition) is 1. The molecule has 0 unspecified atom stereocenters. The zero-order valence-corrected chi connectivity index (χ0v) is 12.9. The first-order valence-corrected chi connectivity index (χ1v) is 7.72. The molecule has 0 aliphatic rings. The van der Waals surface area contributed by atoms with Gasteiger partial charge in [-0.05, 0) is 24.7 Å². The van der Waals surface area contributed by atoms with Crippen LogP contribution in [-0.2, 0) is 0 Å².